The number of fused-ring (bicyclic) bond motifs is 1. The van der Waals surface area contributed by atoms with E-state index in [1.165, 1.54) is 13.2 Å². The average Bonchev–Trinajstić information content (AvgIpc) is 2.73. The summed E-state index contributed by atoms with van der Waals surface area (Å²) in [6.07, 6.45) is 2.37. The number of amides is 2. The van der Waals surface area contributed by atoms with E-state index in [4.69, 9.17) is 9.15 Å². The molecule has 148 valence electrons. The smallest absolute Gasteiger partial charge is 0.349 e. The summed E-state index contributed by atoms with van der Waals surface area (Å²) in [6, 6.07) is 13.7. The predicted molar refractivity (Wildman–Crippen MR) is 110 cm³/mol. The number of hydrogen-bond donors (Lipinski definition) is 1. The Hall–Kier alpha value is -3.61. The van der Waals surface area contributed by atoms with E-state index in [2.05, 4.69) is 5.32 Å². The summed E-state index contributed by atoms with van der Waals surface area (Å²) in [5, 5.41) is 3.30. The van der Waals surface area contributed by atoms with E-state index in [-0.39, 0.29) is 11.5 Å². The second kappa shape index (κ2) is 7.79. The van der Waals surface area contributed by atoms with Crippen molar-refractivity contribution in [2.45, 2.75) is 19.3 Å². The minimum atomic E-state index is -0.748. The molecule has 2 heterocycles. The molecule has 1 N–H and O–H groups in total. The van der Waals surface area contributed by atoms with Crippen LogP contribution in [-0.4, -0.2) is 25.5 Å². The fourth-order valence-electron chi connectivity index (χ4n) is 3.47. The Labute approximate surface area is 166 Å². The fourth-order valence-corrected chi connectivity index (χ4v) is 3.47. The number of nitrogens with zero attached hydrogens (tertiary/aromatic N) is 1. The maximum atomic E-state index is 12.7. The van der Waals surface area contributed by atoms with Gasteiger partial charge in [-0.15, -0.1) is 0 Å². The number of benzene rings is 2. The number of rotatable bonds is 4. The van der Waals surface area contributed by atoms with Gasteiger partial charge in [-0.3, -0.25) is 9.59 Å². The number of carbonyl (C=O) groups excluding carboxylic acids is 2. The van der Waals surface area contributed by atoms with Gasteiger partial charge in [0.15, 0.2) is 11.3 Å². The summed E-state index contributed by atoms with van der Waals surface area (Å²) < 4.78 is 10.5. The molecule has 0 bridgehead atoms. The fraction of sp³-hybridized carbons (Fsp3) is 0.227. The van der Waals surface area contributed by atoms with E-state index in [0.29, 0.717) is 35.4 Å². The summed E-state index contributed by atoms with van der Waals surface area (Å²) in [5.74, 6) is -0.0834. The van der Waals surface area contributed by atoms with Crippen LogP contribution in [0.25, 0.3) is 11.0 Å². The highest BCUT2D eigenvalue weighted by Gasteiger charge is 2.20. The Kier molecular flexibility index (Phi) is 5.03. The summed E-state index contributed by atoms with van der Waals surface area (Å²) in [7, 11) is 1.48. The molecule has 7 heteroatoms. The van der Waals surface area contributed by atoms with Gasteiger partial charge in [-0.05, 0) is 43.2 Å². The summed E-state index contributed by atoms with van der Waals surface area (Å²) >= 11 is 0. The van der Waals surface area contributed by atoms with E-state index in [1.807, 2.05) is 6.07 Å². The van der Waals surface area contributed by atoms with Gasteiger partial charge >= 0.3 is 5.63 Å². The van der Waals surface area contributed by atoms with Crippen molar-refractivity contribution in [1.82, 2.24) is 0 Å². The van der Waals surface area contributed by atoms with Crippen LogP contribution < -0.4 is 20.6 Å². The normalized spacial score (nSPS) is 14.1. The van der Waals surface area contributed by atoms with Gasteiger partial charge in [0.2, 0.25) is 5.91 Å². The molecule has 0 unspecified atom stereocenters. The number of piperidine rings is 1. The molecule has 1 aromatic heterocycles. The summed E-state index contributed by atoms with van der Waals surface area (Å²) in [6.45, 7) is 0.659. The highest BCUT2D eigenvalue weighted by atomic mass is 16.5. The molecule has 1 saturated heterocycles. The van der Waals surface area contributed by atoms with Crippen molar-refractivity contribution in [3.63, 3.8) is 0 Å². The standard InChI is InChI=1S/C22H20N2O5/c1-28-18-9-4-6-14-12-17(22(27)29-20(14)18)21(26)23-15-7-5-8-16(13-15)24-11-3-2-10-19(24)25/h4-9,12-13H,2-3,10-11H2,1H3,(H,23,26). The lowest BCUT2D eigenvalue weighted by atomic mass is 10.1. The van der Waals surface area contributed by atoms with Crippen molar-refractivity contribution in [3.05, 3.63) is 64.5 Å². The second-order valence-electron chi connectivity index (χ2n) is 6.83. The van der Waals surface area contributed by atoms with Gasteiger partial charge in [-0.25, -0.2) is 4.79 Å². The van der Waals surface area contributed by atoms with Crippen LogP contribution in [0.5, 0.6) is 5.75 Å². The minimum absolute atomic E-state index is 0.0730. The molecule has 4 rings (SSSR count). The zero-order chi connectivity index (χ0) is 20.4. The quantitative estimate of drug-likeness (QED) is 0.686. The molecular weight excluding hydrogens is 372 g/mol. The van der Waals surface area contributed by atoms with Crippen LogP contribution in [0.3, 0.4) is 0 Å². The molecular formula is C22H20N2O5. The lowest BCUT2D eigenvalue weighted by molar-refractivity contribution is -0.119. The van der Waals surface area contributed by atoms with Crippen LogP contribution in [0, 0.1) is 0 Å². The first-order chi connectivity index (χ1) is 14.1. The van der Waals surface area contributed by atoms with Crippen molar-refractivity contribution in [1.29, 1.82) is 0 Å². The van der Waals surface area contributed by atoms with Crippen molar-refractivity contribution in [3.8, 4) is 5.75 Å². The lowest BCUT2D eigenvalue weighted by Crippen LogP contribution is -2.35. The first-order valence-corrected chi connectivity index (χ1v) is 9.39. The van der Waals surface area contributed by atoms with Gasteiger partial charge in [-0.1, -0.05) is 18.2 Å². The highest BCUT2D eigenvalue weighted by molar-refractivity contribution is 6.06. The lowest BCUT2D eigenvalue weighted by Gasteiger charge is -2.27. The molecule has 0 radical (unpaired) electrons. The van der Waals surface area contributed by atoms with Crippen LogP contribution in [0.4, 0.5) is 11.4 Å². The van der Waals surface area contributed by atoms with Crippen LogP contribution in [0.2, 0.25) is 0 Å². The van der Waals surface area contributed by atoms with E-state index in [9.17, 15) is 14.4 Å². The zero-order valence-electron chi connectivity index (χ0n) is 15.9. The maximum absolute atomic E-state index is 12.7. The molecule has 1 fully saturated rings. The number of carbonyl (C=O) groups is 2. The monoisotopic (exact) mass is 392 g/mol. The SMILES string of the molecule is COc1cccc2cc(C(=O)Nc3cccc(N4CCCCC4=O)c3)c(=O)oc12. The van der Waals surface area contributed by atoms with Gasteiger partial charge in [0.1, 0.15) is 5.56 Å². The summed E-state index contributed by atoms with van der Waals surface area (Å²) in [5.41, 5.74) is 0.660. The maximum Gasteiger partial charge on any atom is 0.349 e. The largest absolute Gasteiger partial charge is 0.493 e. The number of hydrogen-bond acceptors (Lipinski definition) is 5. The van der Waals surface area contributed by atoms with Gasteiger partial charge < -0.3 is 19.4 Å². The molecule has 2 aromatic carbocycles. The molecule has 29 heavy (non-hydrogen) atoms. The molecule has 0 spiro atoms. The van der Waals surface area contributed by atoms with Crippen molar-refractivity contribution >= 4 is 34.2 Å². The average molecular weight is 392 g/mol. The third kappa shape index (κ3) is 3.71. The molecule has 3 aromatic rings. The molecule has 0 aliphatic carbocycles. The Morgan fingerprint density at radius 1 is 1.10 bits per heavy atom. The van der Waals surface area contributed by atoms with Crippen molar-refractivity contribution < 1.29 is 18.7 Å². The van der Waals surface area contributed by atoms with Crippen LogP contribution >= 0.6 is 0 Å². The van der Waals surface area contributed by atoms with Crippen LogP contribution in [0.1, 0.15) is 29.6 Å². The number of methoxy groups -OCH3 is 1. The van der Waals surface area contributed by atoms with Crippen molar-refractivity contribution in [2.75, 3.05) is 23.9 Å². The van der Waals surface area contributed by atoms with Gasteiger partial charge in [0.05, 0.1) is 7.11 Å². The first-order valence-electron chi connectivity index (χ1n) is 9.39. The number of ether oxygens (including phenoxy) is 1. The zero-order valence-corrected chi connectivity index (χ0v) is 15.9. The molecule has 7 nitrogen and oxygen atoms in total. The Bertz CT molecular complexity index is 1150. The Morgan fingerprint density at radius 2 is 1.93 bits per heavy atom. The number of para-hydroxylation sites is 1. The Morgan fingerprint density at radius 3 is 2.72 bits per heavy atom. The van der Waals surface area contributed by atoms with Crippen molar-refractivity contribution in [2.24, 2.45) is 0 Å². The molecule has 1 aliphatic heterocycles. The van der Waals surface area contributed by atoms with E-state index in [0.717, 1.165) is 18.5 Å². The molecule has 2 amide bonds. The van der Waals surface area contributed by atoms with Gasteiger partial charge in [0.25, 0.3) is 5.91 Å². The first kappa shape index (κ1) is 18.7. The number of anilines is 2. The van der Waals surface area contributed by atoms with E-state index in [1.54, 1.807) is 41.3 Å². The molecule has 1 aliphatic rings. The molecule has 0 saturated carbocycles. The van der Waals surface area contributed by atoms with E-state index >= 15 is 0 Å². The predicted octanol–water partition coefficient (Wildman–Crippen LogP) is 3.57. The second-order valence-corrected chi connectivity index (χ2v) is 6.83. The van der Waals surface area contributed by atoms with Crippen LogP contribution in [0.15, 0.2) is 57.7 Å². The summed E-state index contributed by atoms with van der Waals surface area (Å²) in [4.78, 5) is 38.9. The van der Waals surface area contributed by atoms with E-state index < -0.39 is 11.5 Å². The minimum Gasteiger partial charge on any atom is -0.493 e. The van der Waals surface area contributed by atoms with Gasteiger partial charge in [-0.2, -0.15) is 0 Å². The number of nitrogens with one attached hydrogen (secondary N) is 1. The molecule has 0 atom stereocenters. The third-order valence-electron chi connectivity index (χ3n) is 4.93. The van der Waals surface area contributed by atoms with Crippen LogP contribution in [-0.2, 0) is 4.79 Å². The topological polar surface area (TPSA) is 88.9 Å². The Balaban J connectivity index is 1.61. The third-order valence-corrected chi connectivity index (χ3v) is 4.93. The highest BCUT2D eigenvalue weighted by Crippen LogP contribution is 2.26. The van der Waals surface area contributed by atoms with Gasteiger partial charge in [0, 0.05) is 29.7 Å².